The van der Waals surface area contributed by atoms with E-state index in [1.165, 1.54) is 18.2 Å². The maximum absolute atomic E-state index is 12.8. The van der Waals surface area contributed by atoms with Gasteiger partial charge in [-0.05, 0) is 18.2 Å². The Balaban J connectivity index is 2.40. The van der Waals surface area contributed by atoms with E-state index in [4.69, 9.17) is 22.6 Å². The first-order chi connectivity index (χ1) is 9.79. The third-order valence-electron chi connectivity index (χ3n) is 2.43. The molecule has 0 aliphatic rings. The molecule has 0 aliphatic heterocycles. The smallest absolute Gasteiger partial charge is 0.368 e. The molecule has 5 nitrogen and oxygen atoms in total. The van der Waals surface area contributed by atoms with Gasteiger partial charge in [-0.25, -0.2) is 4.98 Å². The molecule has 0 atom stereocenters. The molecule has 0 saturated carbocycles. The first-order valence-corrected chi connectivity index (χ1v) is 5.86. The fourth-order valence-electron chi connectivity index (χ4n) is 1.60. The van der Waals surface area contributed by atoms with Crippen molar-refractivity contribution in [2.75, 3.05) is 11.1 Å². The van der Waals surface area contributed by atoms with Gasteiger partial charge in [0.1, 0.15) is 11.0 Å². The molecule has 1 aromatic heterocycles. The van der Waals surface area contributed by atoms with Crippen molar-refractivity contribution in [3.8, 4) is 6.07 Å². The quantitative estimate of drug-likeness (QED) is 0.830. The molecule has 0 unspecified atom stereocenters. The normalized spacial score (nSPS) is 11.0. The van der Waals surface area contributed by atoms with Crippen molar-refractivity contribution in [2.45, 2.75) is 6.18 Å². The van der Waals surface area contributed by atoms with E-state index >= 15 is 0 Å². The minimum atomic E-state index is -4.63. The molecule has 3 N–H and O–H groups in total. The van der Waals surface area contributed by atoms with Crippen LogP contribution in [0.25, 0.3) is 0 Å². The van der Waals surface area contributed by atoms with E-state index < -0.39 is 17.3 Å². The van der Waals surface area contributed by atoms with Gasteiger partial charge in [0.25, 0.3) is 0 Å². The summed E-state index contributed by atoms with van der Waals surface area (Å²) in [6.07, 6.45) is -4.63. The zero-order valence-electron chi connectivity index (χ0n) is 10.2. The van der Waals surface area contributed by atoms with Crippen LogP contribution in [0, 0.1) is 11.3 Å². The van der Waals surface area contributed by atoms with Crippen LogP contribution in [-0.2, 0) is 6.18 Å². The molecular weight excluding hydrogens is 307 g/mol. The van der Waals surface area contributed by atoms with Crippen molar-refractivity contribution < 1.29 is 13.2 Å². The lowest BCUT2D eigenvalue weighted by atomic mass is 10.1. The van der Waals surface area contributed by atoms with E-state index in [9.17, 15) is 13.2 Å². The van der Waals surface area contributed by atoms with Crippen LogP contribution in [0.15, 0.2) is 24.3 Å². The number of nitrogens with two attached hydrogens (primary N) is 1. The number of nitrogen functional groups attached to an aromatic ring is 1. The van der Waals surface area contributed by atoms with Crippen LogP contribution in [-0.4, -0.2) is 9.97 Å². The number of hydrogen-bond donors (Lipinski definition) is 2. The molecule has 2 aromatic rings. The van der Waals surface area contributed by atoms with Crippen LogP contribution in [0.5, 0.6) is 0 Å². The van der Waals surface area contributed by atoms with Gasteiger partial charge in [-0.2, -0.15) is 23.4 Å². The number of nitrogens with zero attached hydrogens (tertiary/aromatic N) is 3. The van der Waals surface area contributed by atoms with E-state index in [2.05, 4.69) is 15.3 Å². The van der Waals surface area contributed by atoms with Crippen LogP contribution in [0.4, 0.5) is 30.6 Å². The molecule has 1 aromatic carbocycles. The molecular formula is C12H7ClF3N5. The number of nitriles is 1. The largest absolute Gasteiger partial charge is 0.417 e. The Morgan fingerprint density at radius 1 is 1.24 bits per heavy atom. The fraction of sp³-hybridized carbons (Fsp3) is 0.0833. The fourth-order valence-corrected chi connectivity index (χ4v) is 1.79. The summed E-state index contributed by atoms with van der Waals surface area (Å²) in [5.41, 5.74) is 3.98. The van der Waals surface area contributed by atoms with Crippen molar-refractivity contribution in [1.29, 1.82) is 5.26 Å². The molecule has 9 heteroatoms. The first-order valence-electron chi connectivity index (χ1n) is 5.48. The van der Waals surface area contributed by atoms with Gasteiger partial charge in [0.15, 0.2) is 0 Å². The van der Waals surface area contributed by atoms with Gasteiger partial charge in [0, 0.05) is 11.8 Å². The number of aromatic nitrogens is 2. The average Bonchev–Trinajstić information content (AvgIpc) is 2.36. The maximum Gasteiger partial charge on any atom is 0.417 e. The number of nitrogens with one attached hydrogen (secondary N) is 1. The highest BCUT2D eigenvalue weighted by Crippen LogP contribution is 2.34. The molecule has 0 fully saturated rings. The second-order valence-corrected chi connectivity index (χ2v) is 4.32. The van der Waals surface area contributed by atoms with Crippen LogP contribution in [0.1, 0.15) is 11.1 Å². The zero-order chi connectivity index (χ0) is 15.6. The van der Waals surface area contributed by atoms with E-state index in [0.29, 0.717) is 0 Å². The average molecular weight is 314 g/mol. The van der Waals surface area contributed by atoms with Crippen LogP contribution >= 0.6 is 11.6 Å². The van der Waals surface area contributed by atoms with Gasteiger partial charge in [-0.15, -0.1) is 0 Å². The first kappa shape index (κ1) is 14.9. The van der Waals surface area contributed by atoms with Crippen molar-refractivity contribution in [1.82, 2.24) is 9.97 Å². The van der Waals surface area contributed by atoms with Gasteiger partial charge in [0.2, 0.25) is 5.95 Å². The number of benzene rings is 1. The van der Waals surface area contributed by atoms with Crippen molar-refractivity contribution in [2.24, 2.45) is 0 Å². The highest BCUT2D eigenvalue weighted by Gasteiger charge is 2.33. The van der Waals surface area contributed by atoms with Crippen molar-refractivity contribution >= 4 is 29.1 Å². The van der Waals surface area contributed by atoms with Crippen molar-refractivity contribution in [3.63, 3.8) is 0 Å². The molecule has 0 amide bonds. The van der Waals surface area contributed by atoms with Crippen LogP contribution in [0.3, 0.4) is 0 Å². The molecule has 1 heterocycles. The second kappa shape index (κ2) is 5.46. The Morgan fingerprint density at radius 3 is 2.52 bits per heavy atom. The molecule has 21 heavy (non-hydrogen) atoms. The molecule has 0 radical (unpaired) electrons. The second-order valence-electron chi connectivity index (χ2n) is 3.93. The summed E-state index contributed by atoms with van der Waals surface area (Å²) < 4.78 is 38.5. The Kier molecular flexibility index (Phi) is 3.86. The highest BCUT2D eigenvalue weighted by molar-refractivity contribution is 6.29. The van der Waals surface area contributed by atoms with Gasteiger partial charge >= 0.3 is 6.18 Å². The predicted molar refractivity (Wildman–Crippen MR) is 70.9 cm³/mol. The Labute approximate surface area is 122 Å². The third kappa shape index (κ3) is 3.52. The minimum Gasteiger partial charge on any atom is -0.368 e. The summed E-state index contributed by atoms with van der Waals surface area (Å²) in [5.74, 6) is 0.0278. The Bertz CT molecular complexity index is 704. The number of anilines is 3. The molecule has 108 valence electrons. The van der Waals surface area contributed by atoms with Gasteiger partial charge in [-0.3, -0.25) is 0 Å². The third-order valence-corrected chi connectivity index (χ3v) is 2.62. The summed E-state index contributed by atoms with van der Waals surface area (Å²) in [6, 6.07) is 6.00. The zero-order valence-corrected chi connectivity index (χ0v) is 11.0. The topological polar surface area (TPSA) is 87.6 Å². The molecule has 0 bridgehead atoms. The van der Waals surface area contributed by atoms with Gasteiger partial charge < -0.3 is 11.1 Å². The van der Waals surface area contributed by atoms with Gasteiger partial charge in [-0.1, -0.05) is 11.6 Å². The summed E-state index contributed by atoms with van der Waals surface area (Å²) in [7, 11) is 0. The number of rotatable bonds is 2. The molecule has 2 rings (SSSR count). The summed E-state index contributed by atoms with van der Waals surface area (Å²) in [4.78, 5) is 7.42. The lowest BCUT2D eigenvalue weighted by Gasteiger charge is -2.12. The van der Waals surface area contributed by atoms with Crippen LogP contribution in [0.2, 0.25) is 5.15 Å². The minimum absolute atomic E-state index is 0.0506. The maximum atomic E-state index is 12.8. The van der Waals surface area contributed by atoms with E-state index in [1.54, 1.807) is 0 Å². The summed E-state index contributed by atoms with van der Waals surface area (Å²) in [5, 5.41) is 11.4. The number of hydrogen-bond acceptors (Lipinski definition) is 5. The highest BCUT2D eigenvalue weighted by atomic mass is 35.5. The SMILES string of the molecule is N#Cc1ccc(Nc2cc(Cl)nc(N)n2)cc1C(F)(F)F. The summed E-state index contributed by atoms with van der Waals surface area (Å²) in [6.45, 7) is 0. The molecule has 0 aliphatic carbocycles. The van der Waals surface area contributed by atoms with Gasteiger partial charge in [0.05, 0.1) is 17.2 Å². The lowest BCUT2D eigenvalue weighted by Crippen LogP contribution is -2.08. The van der Waals surface area contributed by atoms with E-state index in [-0.39, 0.29) is 22.6 Å². The van der Waals surface area contributed by atoms with Crippen LogP contribution < -0.4 is 11.1 Å². The monoisotopic (exact) mass is 313 g/mol. The standard InChI is InChI=1S/C12H7ClF3N5/c13-9-4-10(21-11(18)20-9)19-7-2-1-6(5-17)8(3-7)12(14,15)16/h1-4H,(H3,18,19,20,21). The molecule has 0 spiro atoms. The lowest BCUT2D eigenvalue weighted by molar-refractivity contribution is -0.137. The summed E-state index contributed by atoms with van der Waals surface area (Å²) >= 11 is 5.67. The molecule has 0 saturated heterocycles. The number of alkyl halides is 3. The number of halogens is 4. The predicted octanol–water partition coefficient (Wildman–Crippen LogP) is 3.35. The van der Waals surface area contributed by atoms with E-state index in [1.807, 2.05) is 0 Å². The Morgan fingerprint density at radius 2 is 1.95 bits per heavy atom. The Hall–Kier alpha value is -2.53. The van der Waals surface area contributed by atoms with Crippen molar-refractivity contribution in [3.05, 3.63) is 40.5 Å². The van der Waals surface area contributed by atoms with E-state index in [0.717, 1.165) is 12.1 Å².